The zero-order chi connectivity index (χ0) is 22.3. The van der Waals surface area contributed by atoms with Gasteiger partial charge in [0.2, 0.25) is 11.8 Å². The van der Waals surface area contributed by atoms with Crippen LogP contribution in [-0.2, 0) is 23.4 Å². The molecule has 1 unspecified atom stereocenters. The van der Waals surface area contributed by atoms with Gasteiger partial charge in [-0.25, -0.2) is 4.67 Å². The van der Waals surface area contributed by atoms with Gasteiger partial charge >= 0.3 is 0 Å². The second-order valence-corrected chi connectivity index (χ2v) is 10.4. The van der Waals surface area contributed by atoms with E-state index in [4.69, 9.17) is 19.0 Å². The highest BCUT2D eigenvalue weighted by Crippen LogP contribution is 2.57. The van der Waals surface area contributed by atoms with E-state index in [0.717, 1.165) is 0 Å². The lowest BCUT2D eigenvalue weighted by Crippen LogP contribution is -2.41. The van der Waals surface area contributed by atoms with Crippen LogP contribution in [0.5, 0.6) is 0 Å². The van der Waals surface area contributed by atoms with E-state index in [0.29, 0.717) is 0 Å². The number of hydrogen-bond donors (Lipinski definition) is 0. The molecule has 0 saturated carbocycles. The number of hydrogen-bond acceptors (Lipinski definition) is 7. The largest absolute Gasteiger partial charge is 0.359 e. The molecular weight excluding hydrogens is 405 g/mol. The average Bonchev–Trinajstić information content (AvgIpc) is 3.19. The molecule has 8 nitrogen and oxygen atoms in total. The molecule has 5 atom stereocenters. The van der Waals surface area contributed by atoms with Crippen molar-refractivity contribution in [2.45, 2.75) is 71.2 Å². The van der Waals surface area contributed by atoms with Crippen molar-refractivity contribution in [1.29, 1.82) is 5.26 Å². The number of amides is 2. The minimum absolute atomic E-state index is 0.182. The van der Waals surface area contributed by atoms with Crippen LogP contribution in [0.15, 0.2) is 12.2 Å². The molecule has 2 saturated heterocycles. The molecule has 0 N–H and O–H groups in total. The van der Waals surface area contributed by atoms with Crippen LogP contribution < -0.4 is 0 Å². The Hall–Kier alpha value is -1.36. The van der Waals surface area contributed by atoms with Gasteiger partial charge < -0.3 is 13.8 Å². The summed E-state index contributed by atoms with van der Waals surface area (Å²) >= 11 is 0. The zero-order valence-electron chi connectivity index (χ0n) is 18.6. The summed E-state index contributed by atoms with van der Waals surface area (Å²) in [6, 6.07) is 2.45. The van der Waals surface area contributed by atoms with Gasteiger partial charge in [0.25, 0.3) is 8.53 Å². The molecule has 30 heavy (non-hydrogen) atoms. The summed E-state index contributed by atoms with van der Waals surface area (Å²) in [7, 11) is -1.40. The predicted octanol–water partition coefficient (Wildman–Crippen LogP) is 3.00. The molecule has 0 spiro atoms. The number of fused-ring (bicyclic) bond motifs is 5. The van der Waals surface area contributed by atoms with Crippen molar-refractivity contribution in [3.05, 3.63) is 12.2 Å². The second-order valence-electron chi connectivity index (χ2n) is 8.97. The summed E-state index contributed by atoms with van der Waals surface area (Å²) in [5.74, 6) is -1.33. The van der Waals surface area contributed by atoms with Crippen LogP contribution in [0.1, 0.15) is 48.0 Å². The summed E-state index contributed by atoms with van der Waals surface area (Å²) < 4.78 is 20.0. The Morgan fingerprint density at radius 2 is 1.60 bits per heavy atom. The molecule has 3 aliphatic rings. The van der Waals surface area contributed by atoms with E-state index in [1.165, 1.54) is 4.90 Å². The maximum Gasteiger partial charge on any atom is 0.259 e. The van der Waals surface area contributed by atoms with Crippen LogP contribution in [-0.4, -0.2) is 64.4 Å². The molecule has 2 fully saturated rings. The lowest BCUT2D eigenvalue weighted by Gasteiger charge is -2.35. The molecule has 2 amide bonds. The molecule has 3 heterocycles. The van der Waals surface area contributed by atoms with Crippen molar-refractivity contribution in [2.75, 3.05) is 19.8 Å². The van der Waals surface area contributed by atoms with E-state index in [1.807, 2.05) is 26.0 Å². The summed E-state index contributed by atoms with van der Waals surface area (Å²) in [6.45, 7) is 12.6. The molecule has 0 aliphatic carbocycles. The van der Waals surface area contributed by atoms with Crippen molar-refractivity contribution in [3.8, 4) is 6.07 Å². The van der Waals surface area contributed by atoms with Gasteiger partial charge in [0.1, 0.15) is 0 Å². The van der Waals surface area contributed by atoms with Crippen molar-refractivity contribution in [3.63, 3.8) is 0 Å². The molecule has 0 radical (unpaired) electrons. The van der Waals surface area contributed by atoms with E-state index in [1.54, 1.807) is 0 Å². The first-order chi connectivity index (χ1) is 14.1. The fraction of sp³-hybridized carbons (Fsp3) is 0.762. The van der Waals surface area contributed by atoms with Gasteiger partial charge in [0, 0.05) is 12.1 Å². The van der Waals surface area contributed by atoms with Crippen LogP contribution in [0.4, 0.5) is 0 Å². The lowest BCUT2D eigenvalue weighted by atomic mass is 9.73. The molecule has 9 heteroatoms. The van der Waals surface area contributed by atoms with Crippen LogP contribution >= 0.6 is 8.53 Å². The normalized spacial score (nSPS) is 33.3. The number of imide groups is 1. The SMILES string of the molecule is CC(C)N(C(C)C)P(OCCC#N)OCCN1C(=O)[C@@H]2[C@H](C1=O)[C@@]1(C)C=C[C@]2(C)O1. The number of nitrogens with zero attached hydrogens (tertiary/aromatic N) is 3. The highest BCUT2D eigenvalue weighted by Gasteiger charge is 2.70. The van der Waals surface area contributed by atoms with Gasteiger partial charge in [-0.2, -0.15) is 5.26 Å². The Kier molecular flexibility index (Phi) is 6.71. The number of carbonyl (C=O) groups excluding carboxylic acids is 2. The third kappa shape index (κ3) is 3.94. The van der Waals surface area contributed by atoms with Crippen LogP contribution in [0.2, 0.25) is 0 Å². The molecule has 3 rings (SSSR count). The predicted molar refractivity (Wildman–Crippen MR) is 112 cm³/mol. The van der Waals surface area contributed by atoms with E-state index in [2.05, 4.69) is 38.4 Å². The first kappa shape index (κ1) is 23.3. The number of rotatable bonds is 10. The van der Waals surface area contributed by atoms with E-state index in [9.17, 15) is 9.59 Å². The Balaban J connectivity index is 1.65. The van der Waals surface area contributed by atoms with Crippen LogP contribution in [0.3, 0.4) is 0 Å². The monoisotopic (exact) mass is 437 g/mol. The zero-order valence-corrected chi connectivity index (χ0v) is 19.5. The average molecular weight is 437 g/mol. The minimum Gasteiger partial charge on any atom is -0.359 e. The Labute approximate surface area is 180 Å². The van der Waals surface area contributed by atoms with E-state index in [-0.39, 0.29) is 50.1 Å². The molecule has 3 aliphatic heterocycles. The lowest BCUT2D eigenvalue weighted by molar-refractivity contribution is -0.146. The van der Waals surface area contributed by atoms with Crippen LogP contribution in [0, 0.1) is 23.2 Å². The summed E-state index contributed by atoms with van der Waals surface area (Å²) in [4.78, 5) is 27.4. The standard InChI is InChI=1S/C21H32N3O5P/c1-14(2)24(15(3)4)30(27-12-7-10-22)28-13-11-23-18(25)16-17(19(23)26)21(6)9-8-20(16,5)29-21/h8-9,14-17H,7,11-13H2,1-6H3/t16-,17+,20-,21+,30?. The Bertz CT molecular complexity index is 722. The third-order valence-corrected chi connectivity index (χ3v) is 8.10. The van der Waals surface area contributed by atoms with Crippen molar-refractivity contribution < 1.29 is 23.4 Å². The Morgan fingerprint density at radius 3 is 2.07 bits per heavy atom. The van der Waals surface area contributed by atoms with Gasteiger partial charge in [-0.15, -0.1) is 0 Å². The smallest absolute Gasteiger partial charge is 0.259 e. The van der Waals surface area contributed by atoms with Crippen LogP contribution in [0.25, 0.3) is 0 Å². The van der Waals surface area contributed by atoms with Crippen molar-refractivity contribution in [2.24, 2.45) is 11.8 Å². The summed E-state index contributed by atoms with van der Waals surface area (Å²) in [6.07, 6.45) is 4.10. The second kappa shape index (κ2) is 8.64. The molecule has 166 valence electrons. The van der Waals surface area contributed by atoms with Crippen molar-refractivity contribution in [1.82, 2.24) is 9.57 Å². The highest BCUT2D eigenvalue weighted by molar-refractivity contribution is 7.44. The maximum atomic E-state index is 13.0. The fourth-order valence-electron chi connectivity index (χ4n) is 4.83. The number of nitriles is 1. The van der Waals surface area contributed by atoms with Crippen molar-refractivity contribution >= 4 is 20.3 Å². The van der Waals surface area contributed by atoms with Gasteiger partial charge in [-0.3, -0.25) is 14.5 Å². The molecule has 0 aromatic rings. The van der Waals surface area contributed by atoms with E-state index < -0.39 is 31.6 Å². The maximum absolute atomic E-state index is 13.0. The topological polar surface area (TPSA) is 92.1 Å². The minimum atomic E-state index is -1.40. The Morgan fingerprint density at radius 1 is 1.10 bits per heavy atom. The quantitative estimate of drug-likeness (QED) is 0.225. The number of ether oxygens (including phenoxy) is 1. The third-order valence-electron chi connectivity index (χ3n) is 6.00. The first-order valence-electron chi connectivity index (χ1n) is 10.5. The summed E-state index contributed by atoms with van der Waals surface area (Å²) in [5.41, 5.74) is -1.44. The number of carbonyl (C=O) groups is 2. The fourth-order valence-corrected chi connectivity index (χ4v) is 6.41. The van der Waals surface area contributed by atoms with Gasteiger partial charge in [0.15, 0.2) is 0 Å². The van der Waals surface area contributed by atoms with Gasteiger partial charge in [-0.1, -0.05) is 12.2 Å². The number of likely N-dealkylation sites (tertiary alicyclic amines) is 1. The van der Waals surface area contributed by atoms with E-state index >= 15 is 0 Å². The summed E-state index contributed by atoms with van der Waals surface area (Å²) in [5, 5.41) is 8.81. The molecule has 2 bridgehead atoms. The first-order valence-corrected chi connectivity index (χ1v) is 11.7. The van der Waals surface area contributed by atoms with Gasteiger partial charge in [0.05, 0.1) is 55.3 Å². The molecule has 0 aromatic heterocycles. The highest BCUT2D eigenvalue weighted by atomic mass is 31.2. The molecular formula is C21H32N3O5P. The van der Waals surface area contributed by atoms with Gasteiger partial charge in [-0.05, 0) is 41.5 Å². The molecule has 0 aromatic carbocycles.